The van der Waals surface area contributed by atoms with Crippen LogP contribution >= 0.6 is 0 Å². The van der Waals surface area contributed by atoms with E-state index in [1.165, 1.54) is 11.7 Å². The number of ether oxygens (including phenoxy) is 1. The summed E-state index contributed by atoms with van der Waals surface area (Å²) in [7, 11) is 3.15. The molecule has 1 aliphatic rings. The number of nitrogens with zero attached hydrogens (tertiary/aromatic N) is 5. The number of piperidine rings is 1. The zero-order valence-electron chi connectivity index (χ0n) is 14.9. The van der Waals surface area contributed by atoms with E-state index in [9.17, 15) is 9.59 Å². The fourth-order valence-corrected chi connectivity index (χ4v) is 3.69. The summed E-state index contributed by atoms with van der Waals surface area (Å²) < 4.78 is 8.32. The highest BCUT2D eigenvalue weighted by molar-refractivity contribution is 5.80. The fraction of sp³-hybridized carbons (Fsp3) is 0.444. The Bertz CT molecular complexity index is 1030. The molecule has 136 valence electrons. The second-order valence-corrected chi connectivity index (χ2v) is 6.71. The number of hydrogen-bond acceptors (Lipinski definition) is 6. The monoisotopic (exact) mass is 355 g/mol. The van der Waals surface area contributed by atoms with Crippen molar-refractivity contribution in [1.82, 2.24) is 24.1 Å². The van der Waals surface area contributed by atoms with Gasteiger partial charge in [-0.2, -0.15) is 0 Å². The summed E-state index contributed by atoms with van der Waals surface area (Å²) in [4.78, 5) is 26.4. The van der Waals surface area contributed by atoms with Gasteiger partial charge in [-0.3, -0.25) is 23.5 Å². The number of esters is 1. The van der Waals surface area contributed by atoms with Crippen molar-refractivity contribution in [3.8, 4) is 0 Å². The van der Waals surface area contributed by atoms with Gasteiger partial charge in [0.1, 0.15) is 0 Å². The zero-order chi connectivity index (χ0) is 18.3. The van der Waals surface area contributed by atoms with E-state index in [1.807, 2.05) is 28.7 Å². The summed E-state index contributed by atoms with van der Waals surface area (Å²) in [6, 6.07) is 7.51. The summed E-state index contributed by atoms with van der Waals surface area (Å²) in [5.41, 5.74) is 0.737. The Labute approximate surface area is 150 Å². The molecule has 0 radical (unpaired) electrons. The number of carbonyl (C=O) groups is 1. The number of aryl methyl sites for hydroxylation is 1. The van der Waals surface area contributed by atoms with Gasteiger partial charge in [0, 0.05) is 7.05 Å². The summed E-state index contributed by atoms with van der Waals surface area (Å²) in [5.74, 6) is 1.18. The van der Waals surface area contributed by atoms with Crippen LogP contribution in [0.1, 0.15) is 18.7 Å². The molecule has 0 amide bonds. The molecule has 0 bridgehead atoms. The van der Waals surface area contributed by atoms with E-state index in [0.717, 1.165) is 37.3 Å². The number of benzene rings is 1. The van der Waals surface area contributed by atoms with Crippen molar-refractivity contribution in [2.45, 2.75) is 19.4 Å². The van der Waals surface area contributed by atoms with Gasteiger partial charge in [-0.25, -0.2) is 0 Å². The van der Waals surface area contributed by atoms with Crippen LogP contribution in [0.5, 0.6) is 0 Å². The molecule has 0 saturated carbocycles. The van der Waals surface area contributed by atoms with Gasteiger partial charge in [-0.1, -0.05) is 12.1 Å². The number of carbonyl (C=O) groups excluding carboxylic acids is 1. The Morgan fingerprint density at radius 2 is 1.96 bits per heavy atom. The van der Waals surface area contributed by atoms with Crippen molar-refractivity contribution < 1.29 is 9.53 Å². The Morgan fingerprint density at radius 1 is 1.23 bits per heavy atom. The van der Waals surface area contributed by atoms with E-state index in [2.05, 4.69) is 15.1 Å². The number of rotatable bonds is 3. The zero-order valence-corrected chi connectivity index (χ0v) is 14.9. The molecule has 0 spiro atoms. The van der Waals surface area contributed by atoms with Crippen molar-refractivity contribution in [2.75, 3.05) is 20.2 Å². The van der Waals surface area contributed by atoms with E-state index in [-0.39, 0.29) is 17.4 Å². The molecule has 0 aliphatic carbocycles. The second kappa shape index (κ2) is 6.53. The average molecular weight is 355 g/mol. The Kier molecular flexibility index (Phi) is 4.20. The third kappa shape index (κ3) is 2.66. The molecule has 8 nitrogen and oxygen atoms in total. The molecule has 0 unspecified atom stereocenters. The minimum atomic E-state index is -0.126. The van der Waals surface area contributed by atoms with Crippen LogP contribution in [0.3, 0.4) is 0 Å². The normalized spacial score (nSPS) is 16.4. The molecule has 26 heavy (non-hydrogen) atoms. The maximum atomic E-state index is 12.5. The van der Waals surface area contributed by atoms with Crippen molar-refractivity contribution in [2.24, 2.45) is 13.0 Å². The van der Waals surface area contributed by atoms with E-state index >= 15 is 0 Å². The third-order valence-corrected chi connectivity index (χ3v) is 5.18. The van der Waals surface area contributed by atoms with Gasteiger partial charge in [0.2, 0.25) is 5.78 Å². The minimum Gasteiger partial charge on any atom is -0.469 e. The fourth-order valence-electron chi connectivity index (χ4n) is 3.69. The third-order valence-electron chi connectivity index (χ3n) is 5.18. The quantitative estimate of drug-likeness (QED) is 0.651. The predicted octanol–water partition coefficient (Wildman–Crippen LogP) is 0.966. The lowest BCUT2D eigenvalue weighted by atomic mass is 9.97. The first kappa shape index (κ1) is 16.7. The number of fused-ring (bicyclic) bond motifs is 3. The van der Waals surface area contributed by atoms with Crippen LogP contribution in [0.15, 0.2) is 29.1 Å². The SMILES string of the molecule is COC(=O)C1CCN(Cc2nnc3n(C)c(=O)c4ccccc4n23)CC1. The van der Waals surface area contributed by atoms with Crippen LogP contribution in [-0.4, -0.2) is 50.2 Å². The summed E-state index contributed by atoms with van der Waals surface area (Å²) in [5, 5.41) is 9.20. The Balaban J connectivity index is 1.67. The first-order valence-electron chi connectivity index (χ1n) is 8.72. The first-order valence-corrected chi connectivity index (χ1v) is 8.72. The first-order chi connectivity index (χ1) is 12.6. The summed E-state index contributed by atoms with van der Waals surface area (Å²) in [6.45, 7) is 2.23. The molecular weight excluding hydrogens is 334 g/mol. The molecule has 1 saturated heterocycles. The Hall–Kier alpha value is -2.74. The highest BCUT2D eigenvalue weighted by Crippen LogP contribution is 2.21. The van der Waals surface area contributed by atoms with Gasteiger partial charge < -0.3 is 4.74 Å². The lowest BCUT2D eigenvalue weighted by Gasteiger charge is -2.29. The number of methoxy groups -OCH3 is 1. The average Bonchev–Trinajstić information content (AvgIpc) is 3.10. The maximum Gasteiger partial charge on any atom is 0.308 e. The predicted molar refractivity (Wildman–Crippen MR) is 95.8 cm³/mol. The van der Waals surface area contributed by atoms with E-state index < -0.39 is 0 Å². The highest BCUT2D eigenvalue weighted by atomic mass is 16.5. The van der Waals surface area contributed by atoms with Gasteiger partial charge in [0.25, 0.3) is 5.56 Å². The van der Waals surface area contributed by atoms with Crippen molar-refractivity contribution in [3.63, 3.8) is 0 Å². The topological polar surface area (TPSA) is 81.7 Å². The van der Waals surface area contributed by atoms with Gasteiger partial charge >= 0.3 is 5.97 Å². The van der Waals surface area contributed by atoms with Crippen LogP contribution in [-0.2, 0) is 23.1 Å². The molecule has 0 N–H and O–H groups in total. The van der Waals surface area contributed by atoms with Gasteiger partial charge in [0.15, 0.2) is 5.82 Å². The van der Waals surface area contributed by atoms with Crippen molar-refractivity contribution in [3.05, 3.63) is 40.4 Å². The number of hydrogen-bond donors (Lipinski definition) is 0. The second-order valence-electron chi connectivity index (χ2n) is 6.71. The summed E-state index contributed by atoms with van der Waals surface area (Å²) >= 11 is 0. The number of likely N-dealkylation sites (tertiary alicyclic amines) is 1. The molecule has 4 rings (SSSR count). The number of aromatic nitrogens is 4. The molecular formula is C18H21N5O3. The van der Waals surface area contributed by atoms with Crippen LogP contribution in [0.2, 0.25) is 0 Å². The van der Waals surface area contributed by atoms with E-state index in [4.69, 9.17) is 4.74 Å². The molecule has 3 aromatic rings. The molecule has 1 fully saturated rings. The van der Waals surface area contributed by atoms with Gasteiger partial charge in [-0.05, 0) is 38.1 Å². The Morgan fingerprint density at radius 3 is 2.69 bits per heavy atom. The van der Waals surface area contributed by atoms with Crippen LogP contribution in [0, 0.1) is 5.92 Å². The molecule has 0 atom stereocenters. The lowest BCUT2D eigenvalue weighted by Crippen LogP contribution is -2.36. The largest absolute Gasteiger partial charge is 0.469 e. The van der Waals surface area contributed by atoms with Crippen molar-refractivity contribution in [1.29, 1.82) is 0 Å². The lowest BCUT2D eigenvalue weighted by molar-refractivity contribution is -0.147. The van der Waals surface area contributed by atoms with Crippen LogP contribution < -0.4 is 5.56 Å². The summed E-state index contributed by atoms with van der Waals surface area (Å²) in [6.07, 6.45) is 1.56. The van der Waals surface area contributed by atoms with Crippen LogP contribution in [0.4, 0.5) is 0 Å². The molecule has 2 aromatic heterocycles. The molecule has 8 heteroatoms. The van der Waals surface area contributed by atoms with Gasteiger partial charge in [0.05, 0.1) is 30.5 Å². The van der Waals surface area contributed by atoms with E-state index in [1.54, 1.807) is 7.05 Å². The molecule has 1 aliphatic heterocycles. The maximum absolute atomic E-state index is 12.5. The highest BCUT2D eigenvalue weighted by Gasteiger charge is 2.26. The molecule has 3 heterocycles. The van der Waals surface area contributed by atoms with Crippen LogP contribution in [0.25, 0.3) is 16.7 Å². The standard InChI is InChI=1S/C18H21N5O3/c1-21-16(24)13-5-3-4-6-14(13)23-15(19-20-18(21)23)11-22-9-7-12(8-10-22)17(25)26-2/h3-6,12H,7-11H2,1-2H3. The molecule has 1 aromatic carbocycles. The van der Waals surface area contributed by atoms with Gasteiger partial charge in [-0.15, -0.1) is 10.2 Å². The van der Waals surface area contributed by atoms with E-state index in [0.29, 0.717) is 17.7 Å². The van der Waals surface area contributed by atoms with Crippen molar-refractivity contribution >= 4 is 22.6 Å². The minimum absolute atomic E-state index is 0.0203. The smallest absolute Gasteiger partial charge is 0.308 e. The number of para-hydroxylation sites is 1.